The van der Waals surface area contributed by atoms with E-state index in [-0.39, 0.29) is 6.04 Å². The Morgan fingerprint density at radius 1 is 1.00 bits per heavy atom. The first kappa shape index (κ1) is 23.5. The highest BCUT2D eigenvalue weighted by Crippen LogP contribution is 2.42. The molecule has 3 nitrogen and oxygen atoms in total. The lowest BCUT2D eigenvalue weighted by Gasteiger charge is -2.45. The van der Waals surface area contributed by atoms with Crippen molar-refractivity contribution in [1.29, 1.82) is 0 Å². The second kappa shape index (κ2) is 9.65. The molecule has 2 atom stereocenters. The van der Waals surface area contributed by atoms with Gasteiger partial charge in [-0.2, -0.15) is 13.2 Å². The number of benzene rings is 3. The Kier molecular flexibility index (Phi) is 6.86. The highest BCUT2D eigenvalue weighted by molar-refractivity contribution is 6.31. The normalized spacial score (nSPS) is 17.1. The van der Waals surface area contributed by atoms with Crippen LogP contribution >= 0.6 is 11.6 Å². The molecule has 0 fully saturated rings. The first-order chi connectivity index (χ1) is 15.8. The summed E-state index contributed by atoms with van der Waals surface area (Å²) in [6, 6.07) is 22.5. The van der Waals surface area contributed by atoms with Crippen LogP contribution in [0.2, 0.25) is 5.02 Å². The number of β-amino-alcohol motifs (C(OH)–C–C–N with tert-alkyl or cyclic N) is 1. The average Bonchev–Trinajstić information content (AvgIpc) is 2.81. The highest BCUT2D eigenvalue weighted by Gasteiger charge is 2.42. The zero-order valence-corrected chi connectivity index (χ0v) is 19.0. The topological polar surface area (TPSA) is 26.7 Å². The Balaban J connectivity index is 1.74. The van der Waals surface area contributed by atoms with E-state index in [9.17, 15) is 18.3 Å². The van der Waals surface area contributed by atoms with Gasteiger partial charge in [-0.1, -0.05) is 73.1 Å². The van der Waals surface area contributed by atoms with Gasteiger partial charge < -0.3 is 14.9 Å². The van der Waals surface area contributed by atoms with Crippen LogP contribution in [0, 0.1) is 0 Å². The molecule has 0 radical (unpaired) electrons. The molecule has 4 rings (SSSR count). The van der Waals surface area contributed by atoms with Crippen molar-refractivity contribution >= 4 is 23.0 Å². The smallest absolute Gasteiger partial charge is 0.382 e. The van der Waals surface area contributed by atoms with Gasteiger partial charge in [0.1, 0.15) is 0 Å². The van der Waals surface area contributed by atoms with Gasteiger partial charge in [0.25, 0.3) is 0 Å². The number of nitrogens with zero attached hydrogens (tertiary/aromatic N) is 2. The van der Waals surface area contributed by atoms with Crippen molar-refractivity contribution in [2.45, 2.75) is 38.2 Å². The van der Waals surface area contributed by atoms with E-state index in [1.54, 1.807) is 4.90 Å². The maximum Gasteiger partial charge on any atom is 0.416 e. The minimum atomic E-state index is -4.69. The summed E-state index contributed by atoms with van der Waals surface area (Å²) in [6.45, 7) is 2.60. The number of para-hydroxylation sites is 2. The first-order valence-electron chi connectivity index (χ1n) is 11.0. The van der Waals surface area contributed by atoms with Crippen molar-refractivity contribution in [3.63, 3.8) is 0 Å². The third-order valence-electron chi connectivity index (χ3n) is 6.10. The predicted octanol–water partition coefficient (Wildman–Crippen LogP) is 6.39. The van der Waals surface area contributed by atoms with Crippen molar-refractivity contribution in [3.05, 3.63) is 94.5 Å². The van der Waals surface area contributed by atoms with Gasteiger partial charge in [0, 0.05) is 18.1 Å². The summed E-state index contributed by atoms with van der Waals surface area (Å²) >= 11 is 6.29. The van der Waals surface area contributed by atoms with E-state index in [1.165, 1.54) is 0 Å². The van der Waals surface area contributed by atoms with Crippen molar-refractivity contribution < 1.29 is 18.3 Å². The Hall–Kier alpha value is -2.70. The van der Waals surface area contributed by atoms with Crippen LogP contribution in [0.1, 0.15) is 29.7 Å². The van der Waals surface area contributed by atoms with Gasteiger partial charge in [-0.25, -0.2) is 0 Å². The maximum atomic E-state index is 13.3. The van der Waals surface area contributed by atoms with E-state index in [4.69, 9.17) is 11.6 Å². The van der Waals surface area contributed by atoms with Gasteiger partial charge in [0.05, 0.1) is 24.0 Å². The summed E-state index contributed by atoms with van der Waals surface area (Å²) in [5, 5.41) is 10.7. The van der Waals surface area contributed by atoms with Crippen LogP contribution in [0.4, 0.5) is 24.5 Å². The predicted molar refractivity (Wildman–Crippen MR) is 127 cm³/mol. The van der Waals surface area contributed by atoms with Crippen LogP contribution in [-0.2, 0) is 13.0 Å². The molecule has 0 bridgehead atoms. The fourth-order valence-corrected chi connectivity index (χ4v) is 4.64. The van der Waals surface area contributed by atoms with Gasteiger partial charge in [0.2, 0.25) is 0 Å². The molecule has 0 aromatic heterocycles. The van der Waals surface area contributed by atoms with Gasteiger partial charge >= 0.3 is 6.18 Å². The zero-order valence-electron chi connectivity index (χ0n) is 18.3. The molecule has 3 aromatic rings. The number of hydrogen-bond acceptors (Lipinski definition) is 3. The number of alkyl halides is 3. The van der Waals surface area contributed by atoms with E-state index >= 15 is 0 Å². The van der Waals surface area contributed by atoms with Crippen molar-refractivity contribution in [3.8, 4) is 0 Å². The number of hydrogen-bond donors (Lipinski definition) is 1. The first-order valence-corrected chi connectivity index (χ1v) is 11.3. The summed E-state index contributed by atoms with van der Waals surface area (Å²) < 4.78 is 39.8. The fraction of sp³-hybridized carbons (Fsp3) is 0.308. The van der Waals surface area contributed by atoms with E-state index in [2.05, 4.69) is 17.9 Å². The summed E-state index contributed by atoms with van der Waals surface area (Å²) in [5.41, 5.74) is 4.56. The average molecular weight is 475 g/mol. The van der Waals surface area contributed by atoms with Crippen molar-refractivity contribution in [2.24, 2.45) is 0 Å². The van der Waals surface area contributed by atoms with Crippen molar-refractivity contribution in [1.82, 2.24) is 0 Å². The molecule has 0 spiro atoms. The molecule has 1 heterocycles. The number of halogens is 4. The lowest BCUT2D eigenvalue weighted by atomic mass is 9.98. The molecule has 174 valence electrons. The van der Waals surface area contributed by atoms with E-state index < -0.39 is 18.8 Å². The molecule has 1 aliphatic heterocycles. The van der Waals surface area contributed by atoms with Gasteiger partial charge in [-0.15, -0.1) is 0 Å². The number of aliphatic hydroxyl groups excluding tert-OH is 1. The minimum absolute atomic E-state index is 0.351. The minimum Gasteiger partial charge on any atom is -0.382 e. The largest absolute Gasteiger partial charge is 0.416 e. The Bertz CT molecular complexity index is 1090. The zero-order chi connectivity index (χ0) is 23.6. The maximum absolute atomic E-state index is 13.3. The van der Waals surface area contributed by atoms with Crippen LogP contribution in [0.25, 0.3) is 0 Å². The standard InChI is InChI=1S/C26H26ClF3N2O/c1-2-19-14-18(12-13-21(19)27)15-31-16-24(20-8-4-3-5-9-20)32(17-25(33)26(28,29)30)23-11-7-6-10-22(23)31/h3-14,24-25,33H,2,15-17H2,1H3/t24-,25+/m0/s1. The number of rotatable bonds is 6. The lowest BCUT2D eigenvalue weighted by Crippen LogP contribution is -2.49. The van der Waals surface area contributed by atoms with Crippen LogP contribution in [0.3, 0.4) is 0 Å². The molecule has 0 amide bonds. The SMILES string of the molecule is CCc1cc(CN2C[C@@H](c3ccccc3)N(C[C@@H](O)C(F)(F)F)c3ccccc32)ccc1Cl. The molecular formula is C26H26ClF3N2O. The number of fused-ring (bicyclic) bond motifs is 1. The van der Waals surface area contributed by atoms with Crippen molar-refractivity contribution in [2.75, 3.05) is 22.9 Å². The molecular weight excluding hydrogens is 449 g/mol. The van der Waals surface area contributed by atoms with Crippen LogP contribution in [0.5, 0.6) is 0 Å². The Morgan fingerprint density at radius 2 is 1.67 bits per heavy atom. The summed E-state index contributed by atoms with van der Waals surface area (Å²) in [4.78, 5) is 3.87. The molecule has 0 aliphatic carbocycles. The third-order valence-corrected chi connectivity index (χ3v) is 6.47. The van der Waals surface area contributed by atoms with E-state index in [0.29, 0.717) is 18.8 Å². The lowest BCUT2D eigenvalue weighted by molar-refractivity contribution is -0.200. The molecule has 0 saturated carbocycles. The summed E-state index contributed by atoms with van der Waals surface area (Å²) in [6.07, 6.45) is -6.31. The monoisotopic (exact) mass is 474 g/mol. The van der Waals surface area contributed by atoms with Gasteiger partial charge in [-0.05, 0) is 41.3 Å². The number of anilines is 2. The van der Waals surface area contributed by atoms with Crippen LogP contribution < -0.4 is 9.80 Å². The quantitative estimate of drug-likeness (QED) is 0.448. The second-order valence-electron chi connectivity index (χ2n) is 8.28. The van der Waals surface area contributed by atoms with E-state index in [1.807, 2.05) is 66.7 Å². The van der Waals surface area contributed by atoms with Crippen LogP contribution in [-0.4, -0.2) is 30.5 Å². The molecule has 0 unspecified atom stereocenters. The Labute approximate surface area is 197 Å². The fourth-order valence-electron chi connectivity index (χ4n) is 4.39. The molecule has 0 saturated heterocycles. The van der Waals surface area contributed by atoms with E-state index in [0.717, 1.165) is 33.8 Å². The molecule has 1 aliphatic rings. The molecule has 7 heteroatoms. The highest BCUT2D eigenvalue weighted by atomic mass is 35.5. The molecule has 3 aromatic carbocycles. The molecule has 1 N–H and O–H groups in total. The summed E-state index contributed by atoms with van der Waals surface area (Å²) in [5.74, 6) is 0. The number of aryl methyl sites for hydroxylation is 1. The number of aliphatic hydroxyl groups is 1. The third kappa shape index (κ3) is 5.12. The summed E-state index contributed by atoms with van der Waals surface area (Å²) in [7, 11) is 0. The molecule has 33 heavy (non-hydrogen) atoms. The van der Waals surface area contributed by atoms with Gasteiger partial charge in [0.15, 0.2) is 6.10 Å². The second-order valence-corrected chi connectivity index (χ2v) is 8.69. The van der Waals surface area contributed by atoms with Gasteiger partial charge in [-0.3, -0.25) is 0 Å². The Morgan fingerprint density at radius 3 is 2.33 bits per heavy atom. The van der Waals surface area contributed by atoms with Crippen LogP contribution in [0.15, 0.2) is 72.8 Å².